The first-order valence-electron chi connectivity index (χ1n) is 10.9. The lowest BCUT2D eigenvalue weighted by Crippen LogP contribution is -2.07. The Hall–Kier alpha value is -2.84. The van der Waals surface area contributed by atoms with E-state index in [0.29, 0.717) is 12.4 Å². The zero-order valence-electron chi connectivity index (χ0n) is 18.9. The second-order valence-electron chi connectivity index (χ2n) is 8.08. The number of nitrogens with one attached hydrogen (secondary N) is 1. The average Bonchev–Trinajstić information content (AvgIpc) is 3.29. The molecule has 0 aliphatic rings. The lowest BCUT2D eigenvalue weighted by Gasteiger charge is -2.07. The van der Waals surface area contributed by atoms with Crippen molar-refractivity contribution in [1.29, 1.82) is 0 Å². The minimum Gasteiger partial charge on any atom is -0.481 e. The highest BCUT2D eigenvalue weighted by Gasteiger charge is 2.15. The van der Waals surface area contributed by atoms with Crippen LogP contribution in [0.25, 0.3) is 20.7 Å². The van der Waals surface area contributed by atoms with E-state index in [-0.39, 0.29) is 12.2 Å². The Morgan fingerprint density at radius 1 is 1.12 bits per heavy atom. The third-order valence-corrected chi connectivity index (χ3v) is 8.07. The van der Waals surface area contributed by atoms with Gasteiger partial charge in [-0.2, -0.15) is 0 Å². The minimum absolute atomic E-state index is 0.0320. The first-order chi connectivity index (χ1) is 15.9. The number of hydrogen-bond acceptors (Lipinski definition) is 6. The fourth-order valence-corrected chi connectivity index (χ4v) is 6.39. The molecule has 172 valence electrons. The number of halogens is 1. The Morgan fingerprint density at radius 2 is 1.94 bits per heavy atom. The van der Waals surface area contributed by atoms with Gasteiger partial charge in [0.15, 0.2) is 0 Å². The SMILES string of the molecule is CCCc1cc(-c2cc(NCCc3c(C)sc4c(C)cc(F)cc34)ncn2)sc1CC(=O)O. The molecule has 0 amide bonds. The first kappa shape index (κ1) is 23.3. The Morgan fingerprint density at radius 3 is 2.70 bits per heavy atom. The van der Waals surface area contributed by atoms with Crippen molar-refractivity contribution in [3.63, 3.8) is 0 Å². The summed E-state index contributed by atoms with van der Waals surface area (Å²) < 4.78 is 15.1. The number of carbonyl (C=O) groups is 1. The highest BCUT2D eigenvalue weighted by Crippen LogP contribution is 2.35. The number of rotatable bonds is 9. The van der Waals surface area contributed by atoms with E-state index < -0.39 is 5.97 Å². The quantitative estimate of drug-likeness (QED) is 0.288. The fourth-order valence-electron chi connectivity index (χ4n) is 4.07. The molecule has 33 heavy (non-hydrogen) atoms. The summed E-state index contributed by atoms with van der Waals surface area (Å²) in [7, 11) is 0. The van der Waals surface area contributed by atoms with Gasteiger partial charge in [-0.15, -0.1) is 22.7 Å². The number of hydrogen-bond donors (Lipinski definition) is 2. The molecule has 0 unspecified atom stereocenters. The lowest BCUT2D eigenvalue weighted by atomic mass is 10.1. The Labute approximate surface area is 200 Å². The van der Waals surface area contributed by atoms with Gasteiger partial charge in [0.2, 0.25) is 0 Å². The largest absolute Gasteiger partial charge is 0.481 e. The number of nitrogens with zero attached hydrogens (tertiary/aromatic N) is 2. The molecule has 0 radical (unpaired) electrons. The van der Waals surface area contributed by atoms with E-state index >= 15 is 0 Å². The van der Waals surface area contributed by atoms with Gasteiger partial charge in [-0.3, -0.25) is 4.79 Å². The van der Waals surface area contributed by atoms with E-state index in [1.165, 1.54) is 28.1 Å². The van der Waals surface area contributed by atoms with Crippen molar-refractivity contribution in [1.82, 2.24) is 9.97 Å². The molecule has 3 heterocycles. The number of anilines is 1. The van der Waals surface area contributed by atoms with Crippen LogP contribution in [0.5, 0.6) is 0 Å². The third kappa shape index (κ3) is 5.23. The monoisotopic (exact) mass is 483 g/mol. The molecule has 4 aromatic rings. The predicted molar refractivity (Wildman–Crippen MR) is 134 cm³/mol. The summed E-state index contributed by atoms with van der Waals surface area (Å²) in [4.78, 5) is 23.0. The van der Waals surface area contributed by atoms with E-state index in [2.05, 4.69) is 35.2 Å². The van der Waals surface area contributed by atoms with Gasteiger partial charge in [0.25, 0.3) is 0 Å². The molecule has 0 spiro atoms. The van der Waals surface area contributed by atoms with Crippen LogP contribution in [0.4, 0.5) is 10.2 Å². The Bertz CT molecular complexity index is 1310. The van der Waals surface area contributed by atoms with Gasteiger partial charge in [-0.05, 0) is 67.0 Å². The van der Waals surface area contributed by atoms with Crippen molar-refractivity contribution in [2.24, 2.45) is 0 Å². The Kier molecular flexibility index (Phi) is 7.05. The van der Waals surface area contributed by atoms with E-state index in [1.54, 1.807) is 23.5 Å². The summed E-state index contributed by atoms with van der Waals surface area (Å²) in [6.45, 7) is 6.78. The molecule has 0 saturated heterocycles. The van der Waals surface area contributed by atoms with Crippen LogP contribution in [0.3, 0.4) is 0 Å². The van der Waals surface area contributed by atoms with Crippen LogP contribution in [0.1, 0.15) is 39.8 Å². The van der Waals surface area contributed by atoms with Crippen molar-refractivity contribution in [2.45, 2.75) is 46.5 Å². The summed E-state index contributed by atoms with van der Waals surface area (Å²) in [6.07, 6.45) is 4.13. The van der Waals surface area contributed by atoms with E-state index in [0.717, 1.165) is 55.9 Å². The van der Waals surface area contributed by atoms with Gasteiger partial charge in [0.1, 0.15) is 18.0 Å². The second-order valence-corrected chi connectivity index (χ2v) is 10.4. The molecule has 5 nitrogen and oxygen atoms in total. The van der Waals surface area contributed by atoms with Gasteiger partial charge >= 0.3 is 5.97 Å². The van der Waals surface area contributed by atoms with Crippen LogP contribution in [0.2, 0.25) is 0 Å². The molecular weight excluding hydrogens is 457 g/mol. The zero-order valence-corrected chi connectivity index (χ0v) is 20.5. The number of carboxylic acids is 1. The molecular formula is C25H26FN3O2S2. The first-order valence-corrected chi connectivity index (χ1v) is 12.6. The van der Waals surface area contributed by atoms with Gasteiger partial charge in [-0.1, -0.05) is 13.3 Å². The normalized spacial score (nSPS) is 11.3. The number of fused-ring (bicyclic) bond motifs is 1. The molecule has 8 heteroatoms. The molecule has 0 aliphatic heterocycles. The molecule has 3 aromatic heterocycles. The molecule has 0 atom stereocenters. The van der Waals surface area contributed by atoms with E-state index in [4.69, 9.17) is 0 Å². The minimum atomic E-state index is -0.822. The van der Waals surface area contributed by atoms with Crippen LogP contribution < -0.4 is 5.32 Å². The van der Waals surface area contributed by atoms with Gasteiger partial charge < -0.3 is 10.4 Å². The highest BCUT2D eigenvalue weighted by atomic mass is 32.1. The molecule has 0 bridgehead atoms. The summed E-state index contributed by atoms with van der Waals surface area (Å²) in [5.41, 5.74) is 4.00. The third-order valence-electron chi connectivity index (χ3n) is 5.57. The average molecular weight is 484 g/mol. The van der Waals surface area contributed by atoms with Crippen molar-refractivity contribution < 1.29 is 14.3 Å². The molecule has 0 saturated carbocycles. The smallest absolute Gasteiger partial charge is 0.308 e. The number of thiophene rings is 2. The second kappa shape index (κ2) is 9.97. The van der Waals surface area contributed by atoms with Crippen LogP contribution in [0.15, 0.2) is 30.6 Å². The van der Waals surface area contributed by atoms with E-state index in [9.17, 15) is 14.3 Å². The predicted octanol–water partition coefficient (Wildman–Crippen LogP) is 6.41. The van der Waals surface area contributed by atoms with Crippen molar-refractivity contribution >= 4 is 44.5 Å². The zero-order chi connectivity index (χ0) is 23.5. The summed E-state index contributed by atoms with van der Waals surface area (Å²) in [6, 6.07) is 7.16. The summed E-state index contributed by atoms with van der Waals surface area (Å²) in [5.74, 6) is -0.310. The highest BCUT2D eigenvalue weighted by molar-refractivity contribution is 7.19. The summed E-state index contributed by atoms with van der Waals surface area (Å²) in [5, 5.41) is 13.6. The number of aromatic nitrogens is 2. The maximum absolute atomic E-state index is 14.0. The van der Waals surface area contributed by atoms with Gasteiger partial charge in [0.05, 0.1) is 17.0 Å². The standard InChI is InChI=1S/C25H26FN3O2S2/c1-4-5-16-9-22(33-21(16)12-24(30)31)20-11-23(29-13-28-20)27-7-6-18-15(3)32-25-14(2)8-17(26)10-19(18)25/h8-11,13H,4-7,12H2,1-3H3,(H,30,31)(H,27,28,29). The number of carboxylic acid groups (broad SMARTS) is 1. The fraction of sp³-hybridized carbons (Fsp3) is 0.320. The maximum atomic E-state index is 14.0. The van der Waals surface area contributed by atoms with Gasteiger partial charge in [0, 0.05) is 27.1 Å². The molecule has 0 aliphatic carbocycles. The summed E-state index contributed by atoms with van der Waals surface area (Å²) >= 11 is 3.20. The number of aliphatic carboxylic acids is 1. The topological polar surface area (TPSA) is 75.1 Å². The van der Waals surface area contributed by atoms with Crippen LogP contribution >= 0.6 is 22.7 Å². The van der Waals surface area contributed by atoms with E-state index in [1.807, 2.05) is 13.0 Å². The van der Waals surface area contributed by atoms with Crippen molar-refractivity contribution in [3.8, 4) is 10.6 Å². The number of benzene rings is 1. The molecule has 1 aromatic carbocycles. The molecule has 4 rings (SSSR count). The molecule has 0 fully saturated rings. The van der Waals surface area contributed by atoms with Crippen LogP contribution in [-0.2, 0) is 24.1 Å². The van der Waals surface area contributed by atoms with Gasteiger partial charge in [-0.25, -0.2) is 14.4 Å². The Balaban J connectivity index is 1.50. The number of aryl methyl sites for hydroxylation is 3. The molecule has 2 N–H and O–H groups in total. The lowest BCUT2D eigenvalue weighted by molar-refractivity contribution is -0.136. The van der Waals surface area contributed by atoms with Crippen molar-refractivity contribution in [3.05, 3.63) is 62.9 Å². The van der Waals surface area contributed by atoms with Crippen LogP contribution in [-0.4, -0.2) is 27.6 Å². The van der Waals surface area contributed by atoms with Crippen molar-refractivity contribution in [2.75, 3.05) is 11.9 Å². The maximum Gasteiger partial charge on any atom is 0.308 e. The van der Waals surface area contributed by atoms with Crippen LogP contribution in [0, 0.1) is 19.7 Å².